The lowest BCUT2D eigenvalue weighted by Gasteiger charge is -2.07. The van der Waals surface area contributed by atoms with Crippen molar-refractivity contribution in [3.63, 3.8) is 0 Å². The van der Waals surface area contributed by atoms with Crippen LogP contribution in [0.15, 0.2) is 38.8 Å². The zero-order valence-electron chi connectivity index (χ0n) is 11.5. The highest BCUT2D eigenvalue weighted by atomic mass is 32.1. The molecule has 0 spiro atoms. The molecule has 5 nitrogen and oxygen atoms in total. The Morgan fingerprint density at radius 1 is 1.33 bits per heavy atom. The molecule has 1 aromatic heterocycles. The van der Waals surface area contributed by atoms with Crippen LogP contribution in [0.4, 0.5) is 0 Å². The monoisotopic (exact) mass is 299 g/mol. The third-order valence-electron chi connectivity index (χ3n) is 3.22. The first kappa shape index (κ1) is 13.5. The summed E-state index contributed by atoms with van der Waals surface area (Å²) in [5.74, 6) is -0.127. The second kappa shape index (κ2) is 5.14. The Morgan fingerprint density at radius 2 is 2.14 bits per heavy atom. The number of rotatable bonds is 2. The molecule has 6 heteroatoms. The van der Waals surface area contributed by atoms with Gasteiger partial charge in [0.05, 0.1) is 11.1 Å². The van der Waals surface area contributed by atoms with Crippen LogP contribution in [-0.4, -0.2) is 22.0 Å². The van der Waals surface area contributed by atoms with Crippen molar-refractivity contribution < 1.29 is 5.11 Å². The van der Waals surface area contributed by atoms with Crippen LogP contribution < -0.4 is 4.87 Å². The predicted molar refractivity (Wildman–Crippen MR) is 85.5 cm³/mol. The number of nitrogens with zero attached hydrogens (tertiary/aromatic N) is 2. The average Bonchev–Trinajstić information content (AvgIpc) is 3.00. The summed E-state index contributed by atoms with van der Waals surface area (Å²) in [7, 11) is 0. The number of aryl methyl sites for hydroxylation is 2. The van der Waals surface area contributed by atoms with Gasteiger partial charge < -0.3 is 5.11 Å². The number of aromatic nitrogens is 1. The van der Waals surface area contributed by atoms with Gasteiger partial charge in [-0.15, -0.1) is 5.10 Å². The Labute approximate surface area is 125 Å². The molecular weight excluding hydrogens is 286 g/mol. The maximum absolute atomic E-state index is 11.2. The van der Waals surface area contributed by atoms with Gasteiger partial charge in [0.2, 0.25) is 5.88 Å². The molecule has 2 heterocycles. The summed E-state index contributed by atoms with van der Waals surface area (Å²) in [5, 5.41) is 17.8. The fourth-order valence-electron chi connectivity index (χ4n) is 2.14. The molecule has 106 valence electrons. The Balaban J connectivity index is 2.07. The Bertz CT molecular complexity index is 856. The molecule has 0 fully saturated rings. The minimum Gasteiger partial charge on any atom is -0.493 e. The van der Waals surface area contributed by atoms with Crippen molar-refractivity contribution >= 4 is 29.3 Å². The lowest BCUT2D eigenvalue weighted by atomic mass is 9.97. The van der Waals surface area contributed by atoms with Crippen molar-refractivity contribution in [1.29, 1.82) is 0 Å². The Kier molecular flexibility index (Phi) is 3.31. The topological polar surface area (TPSA) is 77.8 Å². The van der Waals surface area contributed by atoms with Crippen LogP contribution in [0.1, 0.15) is 21.6 Å². The van der Waals surface area contributed by atoms with Crippen molar-refractivity contribution in [3.8, 4) is 5.88 Å². The quantitative estimate of drug-likeness (QED) is 0.894. The minimum atomic E-state index is -0.292. The number of thiazole rings is 1. The zero-order chi connectivity index (χ0) is 15.0. The molecule has 0 saturated heterocycles. The fourth-order valence-corrected chi connectivity index (χ4v) is 2.83. The molecule has 2 aromatic rings. The number of hydrogen-bond acceptors (Lipinski definition) is 5. The van der Waals surface area contributed by atoms with E-state index >= 15 is 0 Å². The van der Waals surface area contributed by atoms with E-state index in [2.05, 4.69) is 21.3 Å². The van der Waals surface area contributed by atoms with Crippen LogP contribution in [-0.2, 0) is 0 Å². The molecule has 21 heavy (non-hydrogen) atoms. The normalized spacial score (nSPS) is 15.7. The first-order valence-corrected chi connectivity index (χ1v) is 7.19. The zero-order valence-corrected chi connectivity index (χ0v) is 12.4. The summed E-state index contributed by atoms with van der Waals surface area (Å²) >= 11 is 0.952. The van der Waals surface area contributed by atoms with Gasteiger partial charge in [-0.05, 0) is 31.6 Å². The molecule has 0 saturated carbocycles. The fraction of sp³-hybridized carbons (Fsp3) is 0.133. The molecule has 0 unspecified atom stereocenters. The van der Waals surface area contributed by atoms with Gasteiger partial charge in [0.1, 0.15) is 5.71 Å². The highest BCUT2D eigenvalue weighted by molar-refractivity contribution is 7.10. The van der Waals surface area contributed by atoms with Gasteiger partial charge in [-0.3, -0.25) is 9.78 Å². The van der Waals surface area contributed by atoms with Gasteiger partial charge in [-0.25, -0.2) is 0 Å². The summed E-state index contributed by atoms with van der Waals surface area (Å²) < 4.78 is 0. The molecule has 1 aliphatic rings. The third kappa shape index (κ3) is 2.57. The highest BCUT2D eigenvalue weighted by Gasteiger charge is 2.17. The van der Waals surface area contributed by atoms with Crippen molar-refractivity contribution in [1.82, 2.24) is 4.98 Å². The van der Waals surface area contributed by atoms with Crippen LogP contribution in [0.2, 0.25) is 0 Å². The molecular formula is C15H13N3O2S. The van der Waals surface area contributed by atoms with Gasteiger partial charge in [0.25, 0.3) is 0 Å². The first-order valence-electron chi connectivity index (χ1n) is 6.37. The van der Waals surface area contributed by atoms with E-state index in [4.69, 9.17) is 0 Å². The van der Waals surface area contributed by atoms with E-state index in [9.17, 15) is 9.90 Å². The standard InChI is InChI=1S/C15H13N3O2S/c1-8-3-4-9(2)11(5-8)13-10(7-16-18-13)6-12-14(19)17-15(20)21-12/h3-7,19H,1-2H3,(H,17,20)/b10-6+. The molecule has 0 aliphatic carbocycles. The number of aromatic hydroxyl groups is 1. The second-order valence-electron chi connectivity index (χ2n) is 4.84. The van der Waals surface area contributed by atoms with Crippen molar-refractivity contribution in [2.75, 3.05) is 0 Å². The largest absolute Gasteiger partial charge is 0.493 e. The van der Waals surface area contributed by atoms with E-state index in [1.54, 1.807) is 12.3 Å². The van der Waals surface area contributed by atoms with Gasteiger partial charge in [0.15, 0.2) is 0 Å². The van der Waals surface area contributed by atoms with Gasteiger partial charge in [-0.2, -0.15) is 5.10 Å². The van der Waals surface area contributed by atoms with Crippen molar-refractivity contribution in [2.24, 2.45) is 10.2 Å². The summed E-state index contributed by atoms with van der Waals surface area (Å²) in [4.78, 5) is 13.8. The van der Waals surface area contributed by atoms with Crippen LogP contribution in [0, 0.1) is 13.8 Å². The summed E-state index contributed by atoms with van der Waals surface area (Å²) in [6.07, 6.45) is 3.34. The van der Waals surface area contributed by atoms with Crippen LogP contribution in [0.5, 0.6) is 5.88 Å². The van der Waals surface area contributed by atoms with Crippen molar-refractivity contribution in [3.05, 3.63) is 55.0 Å². The van der Waals surface area contributed by atoms with E-state index in [0.717, 1.165) is 39.3 Å². The average molecular weight is 299 g/mol. The number of nitrogens with one attached hydrogen (secondary N) is 1. The number of allylic oxidation sites excluding steroid dienone is 1. The molecule has 0 atom stereocenters. The van der Waals surface area contributed by atoms with E-state index in [1.165, 1.54) is 0 Å². The molecule has 0 radical (unpaired) electrons. The van der Waals surface area contributed by atoms with E-state index in [-0.39, 0.29) is 10.8 Å². The SMILES string of the molecule is Cc1ccc(C)c(C2=NN=C/C2=C\c2sc(=O)[nH]c2O)c1. The van der Waals surface area contributed by atoms with Gasteiger partial charge >= 0.3 is 4.87 Å². The molecule has 1 aliphatic heterocycles. The van der Waals surface area contributed by atoms with Crippen LogP contribution in [0.25, 0.3) is 6.08 Å². The maximum atomic E-state index is 11.2. The number of hydrogen-bond donors (Lipinski definition) is 2. The molecule has 0 amide bonds. The third-order valence-corrected chi connectivity index (χ3v) is 4.04. The number of H-pyrrole nitrogens is 1. The summed E-state index contributed by atoms with van der Waals surface area (Å²) in [5.41, 5.74) is 4.76. The lowest BCUT2D eigenvalue weighted by Crippen LogP contribution is -2.05. The minimum absolute atomic E-state index is 0.127. The number of benzene rings is 1. The van der Waals surface area contributed by atoms with Gasteiger partial charge in [-0.1, -0.05) is 29.0 Å². The first-order chi connectivity index (χ1) is 10.0. The second-order valence-corrected chi connectivity index (χ2v) is 5.85. The van der Waals surface area contributed by atoms with E-state index in [1.807, 2.05) is 26.0 Å². The lowest BCUT2D eigenvalue weighted by molar-refractivity contribution is 0.455. The predicted octanol–water partition coefficient (Wildman–Crippen LogP) is 2.63. The highest BCUT2D eigenvalue weighted by Crippen LogP contribution is 2.24. The molecule has 2 N–H and O–H groups in total. The molecule has 1 aromatic carbocycles. The Hall–Kier alpha value is -2.47. The summed E-state index contributed by atoms with van der Waals surface area (Å²) in [6, 6.07) is 6.13. The van der Waals surface area contributed by atoms with E-state index in [0.29, 0.717) is 4.88 Å². The molecule has 0 bridgehead atoms. The summed E-state index contributed by atoms with van der Waals surface area (Å²) in [6.45, 7) is 4.03. The van der Waals surface area contributed by atoms with Gasteiger partial charge in [0, 0.05) is 11.1 Å². The maximum Gasteiger partial charge on any atom is 0.307 e. The van der Waals surface area contributed by atoms with Crippen molar-refractivity contribution in [2.45, 2.75) is 13.8 Å². The number of aromatic amines is 1. The van der Waals surface area contributed by atoms with Crippen LogP contribution >= 0.6 is 11.3 Å². The molecule has 3 rings (SSSR count). The van der Waals surface area contributed by atoms with Crippen LogP contribution in [0.3, 0.4) is 0 Å². The van der Waals surface area contributed by atoms with E-state index < -0.39 is 0 Å². The smallest absolute Gasteiger partial charge is 0.307 e. The Morgan fingerprint density at radius 3 is 2.86 bits per heavy atom.